The summed E-state index contributed by atoms with van der Waals surface area (Å²) < 4.78 is 46.4. The Bertz CT molecular complexity index is 1430. The first-order valence-corrected chi connectivity index (χ1v) is 12.2. The van der Waals surface area contributed by atoms with Crippen LogP contribution in [0.25, 0.3) is 22.4 Å². The number of anilines is 2. The Morgan fingerprint density at radius 3 is 2.50 bits per heavy atom. The number of aromatic nitrogens is 4. The van der Waals surface area contributed by atoms with Gasteiger partial charge in [0.1, 0.15) is 23.1 Å². The van der Waals surface area contributed by atoms with Crippen LogP contribution in [-0.4, -0.2) is 50.1 Å². The standard InChI is InChI=1S/C27H28F3N7O/c1-15-12-37(14-22(31)27(15)38)24-5-6-32-11-23(24)33-10-18-3-4-19(28)26(35-18)25-20(29)7-16(8-21(25)30)17-9-34-36(2)13-17/h3-9,11,13,15,22,27,33,38H,10,12,14,31H2,1-2H3/t15-,22+,27+/m0/s1. The summed E-state index contributed by atoms with van der Waals surface area (Å²) in [5, 5.41) is 17.5. The zero-order valence-electron chi connectivity index (χ0n) is 20.9. The Morgan fingerprint density at radius 2 is 1.82 bits per heavy atom. The topological polar surface area (TPSA) is 105 Å². The lowest BCUT2D eigenvalue weighted by molar-refractivity contribution is 0.0785. The maximum Gasteiger partial charge on any atom is 0.149 e. The normalized spacial score (nSPS) is 19.6. The summed E-state index contributed by atoms with van der Waals surface area (Å²) >= 11 is 0. The van der Waals surface area contributed by atoms with Crippen LogP contribution in [-0.2, 0) is 13.6 Å². The SMILES string of the molecule is C[C@H]1CN(c2ccncc2NCc2ccc(F)c(-c3c(F)cc(-c4cnn(C)c4)cc3F)n2)C[C@@H](N)[C@@H]1O. The number of aliphatic hydroxyl groups excluding tert-OH is 1. The highest BCUT2D eigenvalue weighted by Gasteiger charge is 2.31. The fraction of sp³-hybridized carbons (Fsp3) is 0.296. The molecule has 3 atom stereocenters. The lowest BCUT2D eigenvalue weighted by Gasteiger charge is -2.40. The number of hydrogen-bond acceptors (Lipinski definition) is 7. The second kappa shape index (κ2) is 10.4. The molecular weight excluding hydrogens is 495 g/mol. The maximum absolute atomic E-state index is 15.1. The monoisotopic (exact) mass is 523 g/mol. The van der Waals surface area contributed by atoms with Crippen molar-refractivity contribution < 1.29 is 18.3 Å². The van der Waals surface area contributed by atoms with Crippen molar-refractivity contribution >= 4 is 11.4 Å². The highest BCUT2D eigenvalue weighted by molar-refractivity contribution is 5.71. The third-order valence-corrected chi connectivity index (χ3v) is 6.78. The number of halogens is 3. The van der Waals surface area contributed by atoms with Gasteiger partial charge in [-0.1, -0.05) is 6.92 Å². The molecule has 4 aromatic rings. The van der Waals surface area contributed by atoms with E-state index in [-0.39, 0.29) is 12.5 Å². The molecule has 1 aromatic carbocycles. The highest BCUT2D eigenvalue weighted by atomic mass is 19.1. The van der Waals surface area contributed by atoms with Crippen LogP contribution in [0.15, 0.2) is 55.1 Å². The number of pyridine rings is 2. The van der Waals surface area contributed by atoms with Crippen LogP contribution < -0.4 is 16.0 Å². The van der Waals surface area contributed by atoms with E-state index in [0.29, 0.717) is 35.6 Å². The predicted molar refractivity (Wildman–Crippen MR) is 139 cm³/mol. The van der Waals surface area contributed by atoms with Crippen molar-refractivity contribution in [2.75, 3.05) is 23.3 Å². The zero-order valence-corrected chi connectivity index (χ0v) is 20.9. The molecule has 1 aliphatic rings. The third kappa shape index (κ3) is 5.07. The van der Waals surface area contributed by atoms with Crippen molar-refractivity contribution in [1.29, 1.82) is 0 Å². The molecule has 0 radical (unpaired) electrons. The Morgan fingerprint density at radius 1 is 1.05 bits per heavy atom. The number of hydrogen-bond donors (Lipinski definition) is 3. The van der Waals surface area contributed by atoms with Crippen molar-refractivity contribution in [2.45, 2.75) is 25.6 Å². The highest BCUT2D eigenvalue weighted by Crippen LogP contribution is 2.32. The minimum atomic E-state index is -0.923. The summed E-state index contributed by atoms with van der Waals surface area (Å²) in [5.74, 6) is -2.70. The van der Waals surface area contributed by atoms with Crippen molar-refractivity contribution in [2.24, 2.45) is 18.7 Å². The number of nitrogens with zero attached hydrogens (tertiary/aromatic N) is 5. The maximum atomic E-state index is 15.1. The van der Waals surface area contributed by atoms with Gasteiger partial charge in [0, 0.05) is 50.1 Å². The van der Waals surface area contributed by atoms with Crippen LogP contribution >= 0.6 is 0 Å². The van der Waals surface area contributed by atoms with Gasteiger partial charge in [-0.25, -0.2) is 18.2 Å². The molecule has 0 unspecified atom stereocenters. The molecule has 11 heteroatoms. The van der Waals surface area contributed by atoms with Gasteiger partial charge in [-0.3, -0.25) is 9.67 Å². The minimum absolute atomic E-state index is 0.0181. The molecule has 8 nitrogen and oxygen atoms in total. The Kier molecular flexibility index (Phi) is 7.04. The van der Waals surface area contributed by atoms with Crippen molar-refractivity contribution in [3.63, 3.8) is 0 Å². The van der Waals surface area contributed by atoms with E-state index >= 15 is 8.78 Å². The van der Waals surface area contributed by atoms with Crippen molar-refractivity contribution in [3.8, 4) is 22.4 Å². The molecule has 0 amide bonds. The fourth-order valence-corrected chi connectivity index (χ4v) is 4.79. The van der Waals surface area contributed by atoms with Crippen LogP contribution in [0.3, 0.4) is 0 Å². The van der Waals surface area contributed by atoms with E-state index in [4.69, 9.17) is 5.73 Å². The average molecular weight is 524 g/mol. The number of rotatable bonds is 6. The number of benzene rings is 1. The average Bonchev–Trinajstić information content (AvgIpc) is 3.33. The molecule has 4 N–H and O–H groups in total. The Hall–Kier alpha value is -3.96. The van der Waals surface area contributed by atoms with E-state index in [1.165, 1.54) is 16.9 Å². The largest absolute Gasteiger partial charge is 0.391 e. The Balaban J connectivity index is 1.39. The number of piperidine rings is 1. The van der Waals surface area contributed by atoms with E-state index in [0.717, 1.165) is 23.9 Å². The zero-order chi connectivity index (χ0) is 27.0. The molecule has 1 aliphatic heterocycles. The van der Waals surface area contributed by atoms with E-state index in [1.807, 2.05) is 13.0 Å². The Labute approximate surface area is 218 Å². The van der Waals surface area contributed by atoms with E-state index in [1.54, 1.807) is 25.6 Å². The van der Waals surface area contributed by atoms with Gasteiger partial charge in [0.15, 0.2) is 0 Å². The molecule has 198 valence electrons. The molecule has 0 aliphatic carbocycles. The molecule has 38 heavy (non-hydrogen) atoms. The second-order valence-electron chi connectivity index (χ2n) is 9.63. The quantitative estimate of drug-likeness (QED) is 0.354. The fourth-order valence-electron chi connectivity index (χ4n) is 4.79. The van der Waals surface area contributed by atoms with Gasteiger partial charge in [-0.05, 0) is 35.9 Å². The lowest BCUT2D eigenvalue weighted by atomic mass is 9.92. The second-order valence-corrected chi connectivity index (χ2v) is 9.63. The van der Waals surface area contributed by atoms with Crippen LogP contribution in [0.1, 0.15) is 12.6 Å². The first-order valence-electron chi connectivity index (χ1n) is 12.2. The summed E-state index contributed by atoms with van der Waals surface area (Å²) in [5.41, 5.74) is 7.93. The lowest BCUT2D eigenvalue weighted by Crippen LogP contribution is -2.55. The van der Waals surface area contributed by atoms with Crippen molar-refractivity contribution in [3.05, 3.63) is 78.3 Å². The van der Waals surface area contributed by atoms with Gasteiger partial charge in [-0.2, -0.15) is 5.10 Å². The first kappa shape index (κ1) is 25.7. The molecule has 0 spiro atoms. The minimum Gasteiger partial charge on any atom is -0.391 e. The van der Waals surface area contributed by atoms with E-state index in [9.17, 15) is 9.50 Å². The molecule has 0 saturated carbocycles. The molecule has 5 rings (SSSR count). The van der Waals surface area contributed by atoms with Crippen LogP contribution in [0.2, 0.25) is 0 Å². The molecule has 4 heterocycles. The molecule has 0 bridgehead atoms. The molecule has 1 saturated heterocycles. The van der Waals surface area contributed by atoms with Gasteiger partial charge in [0.25, 0.3) is 0 Å². The number of nitrogens with two attached hydrogens (primary N) is 1. The molecule has 1 fully saturated rings. The number of nitrogens with one attached hydrogen (secondary N) is 1. The number of aliphatic hydroxyl groups is 1. The van der Waals surface area contributed by atoms with E-state index in [2.05, 4.69) is 25.3 Å². The molecular formula is C27H28F3N7O. The van der Waals surface area contributed by atoms with Gasteiger partial charge in [-0.15, -0.1) is 0 Å². The van der Waals surface area contributed by atoms with Crippen LogP contribution in [0, 0.1) is 23.4 Å². The summed E-state index contributed by atoms with van der Waals surface area (Å²) in [6, 6.07) is 6.34. The third-order valence-electron chi connectivity index (χ3n) is 6.78. The molecule has 3 aromatic heterocycles. The van der Waals surface area contributed by atoms with Gasteiger partial charge < -0.3 is 21.1 Å². The van der Waals surface area contributed by atoms with Crippen LogP contribution in [0.5, 0.6) is 0 Å². The number of aryl methyl sites for hydroxylation is 1. The first-order chi connectivity index (χ1) is 18.2. The van der Waals surface area contributed by atoms with Crippen LogP contribution in [0.4, 0.5) is 24.5 Å². The summed E-state index contributed by atoms with van der Waals surface area (Å²) in [6.07, 6.45) is 5.86. The summed E-state index contributed by atoms with van der Waals surface area (Å²) in [7, 11) is 1.70. The predicted octanol–water partition coefficient (Wildman–Crippen LogP) is 3.72. The van der Waals surface area contributed by atoms with Gasteiger partial charge >= 0.3 is 0 Å². The summed E-state index contributed by atoms with van der Waals surface area (Å²) in [6.45, 7) is 3.17. The van der Waals surface area contributed by atoms with E-state index < -0.39 is 40.9 Å². The van der Waals surface area contributed by atoms with Gasteiger partial charge in [0.05, 0.1) is 47.7 Å². The summed E-state index contributed by atoms with van der Waals surface area (Å²) in [4.78, 5) is 10.5. The van der Waals surface area contributed by atoms with Gasteiger partial charge in [0.2, 0.25) is 0 Å². The smallest absolute Gasteiger partial charge is 0.149 e. The van der Waals surface area contributed by atoms with Crippen molar-refractivity contribution in [1.82, 2.24) is 19.7 Å².